The minimum absolute atomic E-state index is 0.0185. The summed E-state index contributed by atoms with van der Waals surface area (Å²) in [6.45, 7) is -0.331. The van der Waals surface area contributed by atoms with Crippen molar-refractivity contribution in [2.75, 3.05) is 13.2 Å². The number of aromatic amines is 2. The second-order valence-electron chi connectivity index (χ2n) is 6.55. The van der Waals surface area contributed by atoms with Crippen LogP contribution >= 0.6 is 0 Å². The minimum Gasteiger partial charge on any atom is -0.396 e. The fourth-order valence-corrected chi connectivity index (χ4v) is 3.88. The molecule has 2 heterocycles. The average Bonchev–Trinajstić information content (AvgIpc) is 3.25. The maximum Gasteiger partial charge on any atom is 0.0895 e. The molecule has 0 saturated carbocycles. The number of nitrogens with one attached hydrogen (secondary N) is 2. The number of rotatable bonds is 6. The van der Waals surface area contributed by atoms with Gasteiger partial charge in [0.1, 0.15) is 0 Å². The highest BCUT2D eigenvalue weighted by Gasteiger charge is 2.29. The van der Waals surface area contributed by atoms with Gasteiger partial charge in [0.05, 0.1) is 18.6 Å². The van der Waals surface area contributed by atoms with Crippen molar-refractivity contribution in [1.29, 1.82) is 0 Å². The van der Waals surface area contributed by atoms with Crippen LogP contribution in [0.4, 0.5) is 0 Å². The van der Waals surface area contributed by atoms with Crippen molar-refractivity contribution in [3.8, 4) is 0 Å². The van der Waals surface area contributed by atoms with Crippen molar-refractivity contribution in [3.63, 3.8) is 0 Å². The number of hydrogen-bond donors (Lipinski definition) is 5. The molecule has 0 bridgehead atoms. The van der Waals surface area contributed by atoms with E-state index in [0.717, 1.165) is 38.6 Å². The lowest BCUT2D eigenvalue weighted by molar-refractivity contribution is 0.0816. The molecule has 2 atom stereocenters. The Bertz CT molecular complexity index is 1030. The first-order chi connectivity index (χ1) is 12.7. The summed E-state index contributed by atoms with van der Waals surface area (Å²) in [5.41, 5.74) is 4.68. The summed E-state index contributed by atoms with van der Waals surface area (Å²) in [5, 5.41) is 32.0. The van der Waals surface area contributed by atoms with Crippen LogP contribution in [0.2, 0.25) is 0 Å². The molecule has 0 aliphatic rings. The number of benzene rings is 2. The molecular formula is C21H22N2O3. The normalized spacial score (nSPS) is 14.1. The summed E-state index contributed by atoms with van der Waals surface area (Å²) >= 11 is 0. The second-order valence-corrected chi connectivity index (χ2v) is 6.55. The molecule has 0 saturated heterocycles. The third kappa shape index (κ3) is 2.70. The topological polar surface area (TPSA) is 92.3 Å². The van der Waals surface area contributed by atoms with E-state index < -0.39 is 12.0 Å². The smallest absolute Gasteiger partial charge is 0.0895 e. The number of H-pyrrole nitrogens is 2. The van der Waals surface area contributed by atoms with Crippen LogP contribution < -0.4 is 0 Å². The first-order valence-electron chi connectivity index (χ1n) is 8.80. The van der Waals surface area contributed by atoms with Gasteiger partial charge in [-0.05, 0) is 29.7 Å². The van der Waals surface area contributed by atoms with E-state index in [4.69, 9.17) is 0 Å². The minimum atomic E-state index is -0.959. The van der Waals surface area contributed by atoms with E-state index in [9.17, 15) is 15.3 Å². The summed E-state index contributed by atoms with van der Waals surface area (Å²) in [7, 11) is 0. The fraction of sp³-hybridized carbons (Fsp3) is 0.238. The number of hydrogen-bond acceptors (Lipinski definition) is 3. The zero-order valence-corrected chi connectivity index (χ0v) is 14.3. The van der Waals surface area contributed by atoms with Gasteiger partial charge in [-0.3, -0.25) is 0 Å². The third-order valence-corrected chi connectivity index (χ3v) is 5.05. The van der Waals surface area contributed by atoms with E-state index in [1.165, 1.54) is 0 Å². The molecule has 0 spiro atoms. The Morgan fingerprint density at radius 1 is 0.885 bits per heavy atom. The van der Waals surface area contributed by atoms with Crippen molar-refractivity contribution < 1.29 is 15.3 Å². The van der Waals surface area contributed by atoms with Crippen molar-refractivity contribution in [3.05, 3.63) is 71.5 Å². The Balaban J connectivity index is 1.96. The second kappa shape index (κ2) is 6.96. The SMILES string of the molecule is OCCc1c([C@H](c2c[nH]c3ccccc23)C(O)CO)[nH]c2ccccc12. The van der Waals surface area contributed by atoms with Gasteiger partial charge in [-0.1, -0.05) is 36.4 Å². The third-order valence-electron chi connectivity index (χ3n) is 5.05. The zero-order valence-electron chi connectivity index (χ0n) is 14.3. The van der Waals surface area contributed by atoms with Gasteiger partial charge >= 0.3 is 0 Å². The van der Waals surface area contributed by atoms with Gasteiger partial charge in [0.2, 0.25) is 0 Å². The van der Waals surface area contributed by atoms with E-state index in [-0.39, 0.29) is 13.2 Å². The molecule has 5 nitrogen and oxygen atoms in total. The Morgan fingerprint density at radius 3 is 2.31 bits per heavy atom. The number of aliphatic hydroxyl groups is 3. The van der Waals surface area contributed by atoms with Gasteiger partial charge < -0.3 is 25.3 Å². The van der Waals surface area contributed by atoms with Crippen molar-refractivity contribution >= 4 is 21.8 Å². The molecule has 26 heavy (non-hydrogen) atoms. The lowest BCUT2D eigenvalue weighted by Crippen LogP contribution is -2.24. The Morgan fingerprint density at radius 2 is 1.58 bits per heavy atom. The van der Waals surface area contributed by atoms with Gasteiger partial charge in [0.15, 0.2) is 0 Å². The highest BCUT2D eigenvalue weighted by Crippen LogP contribution is 2.37. The van der Waals surface area contributed by atoms with E-state index in [1.54, 1.807) is 0 Å². The van der Waals surface area contributed by atoms with Crippen LogP contribution in [-0.2, 0) is 6.42 Å². The highest BCUT2D eigenvalue weighted by molar-refractivity contribution is 5.87. The lowest BCUT2D eigenvalue weighted by atomic mass is 9.87. The van der Waals surface area contributed by atoms with E-state index in [2.05, 4.69) is 9.97 Å². The highest BCUT2D eigenvalue weighted by atomic mass is 16.3. The Hall–Kier alpha value is -2.60. The summed E-state index contributed by atoms with van der Waals surface area (Å²) in [5.74, 6) is -0.426. The molecular weight excluding hydrogens is 328 g/mol. The van der Waals surface area contributed by atoms with Gasteiger partial charge in [0, 0.05) is 40.3 Å². The molecule has 4 rings (SSSR count). The molecule has 134 valence electrons. The standard InChI is InChI=1S/C21H22N2O3/c24-10-9-15-13-5-2-4-8-18(13)23-21(15)20(19(26)12-25)16-11-22-17-7-3-1-6-14(16)17/h1-8,11,19-20,22-26H,9-10,12H2/t19?,20-/m1/s1. The monoisotopic (exact) mass is 350 g/mol. The molecule has 1 unspecified atom stereocenters. The number of fused-ring (bicyclic) bond motifs is 2. The molecule has 0 aliphatic carbocycles. The molecule has 0 aliphatic heterocycles. The Kier molecular flexibility index (Phi) is 4.51. The van der Waals surface area contributed by atoms with E-state index in [0.29, 0.717) is 6.42 Å². The molecule has 0 radical (unpaired) electrons. The van der Waals surface area contributed by atoms with Gasteiger partial charge in [0.25, 0.3) is 0 Å². The molecule has 5 heteroatoms. The van der Waals surface area contributed by atoms with Crippen LogP contribution in [0.3, 0.4) is 0 Å². The number of aliphatic hydroxyl groups excluding tert-OH is 3. The quantitative estimate of drug-likeness (QED) is 0.370. The summed E-state index contributed by atoms with van der Waals surface area (Å²) in [6.07, 6.45) is 1.42. The first-order valence-corrected chi connectivity index (χ1v) is 8.80. The fourth-order valence-electron chi connectivity index (χ4n) is 3.88. The Labute approximate surface area is 150 Å². The maximum absolute atomic E-state index is 10.7. The van der Waals surface area contributed by atoms with E-state index >= 15 is 0 Å². The van der Waals surface area contributed by atoms with Crippen molar-refractivity contribution in [1.82, 2.24) is 9.97 Å². The molecule has 0 fully saturated rings. The van der Waals surface area contributed by atoms with Crippen molar-refractivity contribution in [2.24, 2.45) is 0 Å². The van der Waals surface area contributed by atoms with Gasteiger partial charge in [-0.2, -0.15) is 0 Å². The first kappa shape index (κ1) is 16.8. The number of aromatic nitrogens is 2. The summed E-state index contributed by atoms with van der Waals surface area (Å²) in [6, 6.07) is 15.8. The van der Waals surface area contributed by atoms with Crippen LogP contribution in [0.5, 0.6) is 0 Å². The van der Waals surface area contributed by atoms with Crippen LogP contribution in [-0.4, -0.2) is 44.6 Å². The zero-order chi connectivity index (χ0) is 18.1. The predicted octanol–water partition coefficient (Wildman–Crippen LogP) is 2.67. The maximum atomic E-state index is 10.7. The van der Waals surface area contributed by atoms with Crippen LogP contribution in [0.15, 0.2) is 54.7 Å². The van der Waals surface area contributed by atoms with Crippen LogP contribution in [0.1, 0.15) is 22.7 Å². The van der Waals surface area contributed by atoms with Gasteiger partial charge in [-0.15, -0.1) is 0 Å². The lowest BCUT2D eigenvalue weighted by Gasteiger charge is -2.22. The van der Waals surface area contributed by atoms with E-state index in [1.807, 2.05) is 54.7 Å². The van der Waals surface area contributed by atoms with Gasteiger partial charge in [-0.25, -0.2) is 0 Å². The van der Waals surface area contributed by atoms with Crippen molar-refractivity contribution in [2.45, 2.75) is 18.4 Å². The average molecular weight is 350 g/mol. The predicted molar refractivity (Wildman–Crippen MR) is 102 cm³/mol. The molecule has 2 aromatic carbocycles. The molecule has 5 N–H and O–H groups in total. The van der Waals surface area contributed by atoms with Crippen LogP contribution in [0.25, 0.3) is 21.8 Å². The summed E-state index contributed by atoms with van der Waals surface area (Å²) in [4.78, 5) is 6.67. The molecule has 4 aromatic rings. The number of para-hydroxylation sites is 2. The van der Waals surface area contributed by atoms with Crippen LogP contribution in [0, 0.1) is 0 Å². The summed E-state index contributed by atoms with van der Waals surface area (Å²) < 4.78 is 0. The molecule has 0 amide bonds. The molecule has 2 aromatic heterocycles. The largest absolute Gasteiger partial charge is 0.396 e.